The summed E-state index contributed by atoms with van der Waals surface area (Å²) in [7, 11) is 0. The molecule has 4 heteroatoms. The predicted molar refractivity (Wildman–Crippen MR) is 79.7 cm³/mol. The third kappa shape index (κ3) is 16.4. The lowest BCUT2D eigenvalue weighted by Crippen LogP contribution is -1.86. The van der Waals surface area contributed by atoms with Crippen molar-refractivity contribution in [2.24, 2.45) is 0 Å². The van der Waals surface area contributed by atoms with E-state index < -0.39 is 11.9 Å². The molecule has 0 aliphatic heterocycles. The molecule has 20 heavy (non-hydrogen) atoms. The topological polar surface area (TPSA) is 74.6 Å². The number of carbonyl (C=O) groups is 2. The normalized spacial score (nSPS) is 11.4. The average molecular weight is 282 g/mol. The van der Waals surface area contributed by atoms with E-state index in [1.54, 1.807) is 12.2 Å². The Labute approximate surface area is 121 Å². The van der Waals surface area contributed by atoms with Crippen molar-refractivity contribution in [2.45, 2.75) is 64.2 Å². The molecule has 0 unspecified atom stereocenters. The first-order chi connectivity index (χ1) is 9.63. The van der Waals surface area contributed by atoms with E-state index >= 15 is 0 Å². The molecular weight excluding hydrogens is 256 g/mol. The fourth-order valence-corrected chi connectivity index (χ4v) is 1.95. The van der Waals surface area contributed by atoms with Crippen molar-refractivity contribution >= 4 is 11.9 Å². The van der Waals surface area contributed by atoms with Crippen molar-refractivity contribution < 1.29 is 19.8 Å². The monoisotopic (exact) mass is 282 g/mol. The Morgan fingerprint density at radius 3 is 1.20 bits per heavy atom. The first-order valence-corrected chi connectivity index (χ1v) is 7.42. The minimum atomic E-state index is -0.872. The van der Waals surface area contributed by atoms with Crippen LogP contribution in [0.1, 0.15) is 64.2 Å². The van der Waals surface area contributed by atoms with Crippen molar-refractivity contribution in [1.29, 1.82) is 0 Å². The summed E-state index contributed by atoms with van der Waals surface area (Å²) >= 11 is 0. The molecule has 4 nitrogen and oxygen atoms in total. The van der Waals surface area contributed by atoms with Crippen LogP contribution in [0.15, 0.2) is 24.3 Å². The molecule has 0 amide bonds. The van der Waals surface area contributed by atoms with Gasteiger partial charge >= 0.3 is 11.9 Å². The number of aliphatic carboxylic acids is 2. The predicted octanol–water partition coefficient (Wildman–Crippen LogP) is 4.17. The minimum absolute atomic E-state index is 0.849. The SMILES string of the molecule is O=C(O)C=CCCCCCCCCCCC=CC(=O)O. The van der Waals surface area contributed by atoms with E-state index in [1.807, 2.05) is 0 Å². The van der Waals surface area contributed by atoms with Gasteiger partial charge in [-0.3, -0.25) is 0 Å². The second kappa shape index (κ2) is 13.8. The molecule has 2 N–H and O–H groups in total. The van der Waals surface area contributed by atoms with E-state index in [4.69, 9.17) is 10.2 Å². The summed E-state index contributed by atoms with van der Waals surface area (Å²) in [5, 5.41) is 16.8. The highest BCUT2D eigenvalue weighted by atomic mass is 16.4. The van der Waals surface area contributed by atoms with Gasteiger partial charge in [-0.25, -0.2) is 9.59 Å². The van der Waals surface area contributed by atoms with Crippen LogP contribution < -0.4 is 0 Å². The smallest absolute Gasteiger partial charge is 0.327 e. The van der Waals surface area contributed by atoms with Gasteiger partial charge in [0.25, 0.3) is 0 Å². The Morgan fingerprint density at radius 1 is 0.600 bits per heavy atom. The summed E-state index contributed by atoms with van der Waals surface area (Å²) in [6, 6.07) is 0. The first-order valence-electron chi connectivity index (χ1n) is 7.42. The second-order valence-electron chi connectivity index (χ2n) is 4.89. The maximum absolute atomic E-state index is 10.2. The van der Waals surface area contributed by atoms with Crippen LogP contribution in [0.5, 0.6) is 0 Å². The van der Waals surface area contributed by atoms with Gasteiger partial charge in [-0.05, 0) is 25.7 Å². The quantitative estimate of drug-likeness (QED) is 0.393. The fourth-order valence-electron chi connectivity index (χ4n) is 1.95. The van der Waals surface area contributed by atoms with Crippen molar-refractivity contribution in [3.05, 3.63) is 24.3 Å². The molecule has 0 saturated heterocycles. The van der Waals surface area contributed by atoms with Gasteiger partial charge in [0.1, 0.15) is 0 Å². The van der Waals surface area contributed by atoms with E-state index in [-0.39, 0.29) is 0 Å². The standard InChI is InChI=1S/C16H26O4/c17-15(18)13-11-9-7-5-3-1-2-4-6-8-10-12-14-16(19)20/h11-14H,1-10H2,(H,17,18)(H,19,20). The Kier molecular flexibility index (Phi) is 12.7. The van der Waals surface area contributed by atoms with Crippen LogP contribution in [-0.2, 0) is 9.59 Å². The zero-order chi connectivity index (χ0) is 15.1. The summed E-state index contributed by atoms with van der Waals surface area (Å²) in [5.74, 6) is -1.74. The van der Waals surface area contributed by atoms with E-state index in [0.29, 0.717) is 0 Å². The fraction of sp³-hybridized carbons (Fsp3) is 0.625. The largest absolute Gasteiger partial charge is 0.478 e. The molecule has 0 aliphatic carbocycles. The summed E-state index contributed by atoms with van der Waals surface area (Å²) in [4.78, 5) is 20.4. The number of carboxylic acids is 2. The molecule has 0 rings (SSSR count). The van der Waals surface area contributed by atoms with Crippen LogP contribution in [-0.4, -0.2) is 22.2 Å². The molecule has 0 bridgehead atoms. The van der Waals surface area contributed by atoms with Gasteiger partial charge in [-0.1, -0.05) is 50.7 Å². The third-order valence-electron chi connectivity index (χ3n) is 3.01. The molecule has 0 aromatic carbocycles. The van der Waals surface area contributed by atoms with Crippen LogP contribution in [0.2, 0.25) is 0 Å². The van der Waals surface area contributed by atoms with Gasteiger partial charge in [0.05, 0.1) is 0 Å². The number of unbranched alkanes of at least 4 members (excludes halogenated alkanes) is 9. The summed E-state index contributed by atoms with van der Waals surface area (Å²) in [5.41, 5.74) is 0. The van der Waals surface area contributed by atoms with Crippen LogP contribution in [0.3, 0.4) is 0 Å². The number of hydrogen-bond acceptors (Lipinski definition) is 2. The zero-order valence-electron chi connectivity index (χ0n) is 12.1. The molecular formula is C16H26O4. The maximum Gasteiger partial charge on any atom is 0.327 e. The second-order valence-corrected chi connectivity index (χ2v) is 4.89. The summed E-state index contributed by atoms with van der Waals surface area (Å²) in [6.45, 7) is 0. The summed E-state index contributed by atoms with van der Waals surface area (Å²) in [6.07, 6.45) is 16.9. The van der Waals surface area contributed by atoms with Gasteiger partial charge in [0.15, 0.2) is 0 Å². The molecule has 0 spiro atoms. The van der Waals surface area contributed by atoms with Crippen molar-refractivity contribution in [3.63, 3.8) is 0 Å². The number of rotatable bonds is 13. The molecule has 114 valence electrons. The van der Waals surface area contributed by atoms with Gasteiger partial charge < -0.3 is 10.2 Å². The van der Waals surface area contributed by atoms with Crippen molar-refractivity contribution in [1.82, 2.24) is 0 Å². The van der Waals surface area contributed by atoms with Crippen molar-refractivity contribution in [2.75, 3.05) is 0 Å². The molecule has 0 aliphatic rings. The lowest BCUT2D eigenvalue weighted by Gasteiger charge is -2.00. The highest BCUT2D eigenvalue weighted by Gasteiger charge is 1.92. The molecule has 0 atom stereocenters. The molecule has 0 fully saturated rings. The van der Waals surface area contributed by atoms with E-state index in [9.17, 15) is 9.59 Å². The molecule has 0 aromatic rings. The van der Waals surface area contributed by atoms with E-state index in [0.717, 1.165) is 38.5 Å². The van der Waals surface area contributed by atoms with Crippen LogP contribution in [0.4, 0.5) is 0 Å². The number of allylic oxidation sites excluding steroid dienone is 2. The molecule has 0 radical (unpaired) electrons. The van der Waals surface area contributed by atoms with E-state index in [1.165, 1.54) is 37.8 Å². The zero-order valence-corrected chi connectivity index (χ0v) is 12.1. The first kappa shape index (κ1) is 18.4. The lowest BCUT2D eigenvalue weighted by atomic mass is 10.1. The Morgan fingerprint density at radius 2 is 0.900 bits per heavy atom. The average Bonchev–Trinajstić information content (AvgIpc) is 2.38. The van der Waals surface area contributed by atoms with Gasteiger partial charge in [-0.15, -0.1) is 0 Å². The van der Waals surface area contributed by atoms with Gasteiger partial charge in [-0.2, -0.15) is 0 Å². The lowest BCUT2D eigenvalue weighted by molar-refractivity contribution is -0.132. The molecule has 0 heterocycles. The Balaban J connectivity index is 3.13. The minimum Gasteiger partial charge on any atom is -0.478 e. The van der Waals surface area contributed by atoms with E-state index in [2.05, 4.69) is 0 Å². The van der Waals surface area contributed by atoms with Crippen molar-refractivity contribution in [3.8, 4) is 0 Å². The summed E-state index contributed by atoms with van der Waals surface area (Å²) < 4.78 is 0. The van der Waals surface area contributed by atoms with Gasteiger partial charge in [0.2, 0.25) is 0 Å². The molecule has 0 aromatic heterocycles. The third-order valence-corrected chi connectivity index (χ3v) is 3.01. The van der Waals surface area contributed by atoms with Crippen LogP contribution in [0.25, 0.3) is 0 Å². The Hall–Kier alpha value is -1.58. The van der Waals surface area contributed by atoms with Crippen LogP contribution in [0, 0.1) is 0 Å². The maximum atomic E-state index is 10.2. The molecule has 0 saturated carbocycles. The van der Waals surface area contributed by atoms with Crippen LogP contribution >= 0.6 is 0 Å². The number of carboxylic acid groups (broad SMARTS) is 2. The highest BCUT2D eigenvalue weighted by molar-refractivity contribution is 5.79. The van der Waals surface area contributed by atoms with Gasteiger partial charge in [0, 0.05) is 12.2 Å². The highest BCUT2D eigenvalue weighted by Crippen LogP contribution is 2.11. The Bertz CT molecular complexity index is 286. The number of hydrogen-bond donors (Lipinski definition) is 2.